The fraction of sp³-hybridized carbons (Fsp3) is 0.917. The average molecular weight is 226 g/mol. The van der Waals surface area contributed by atoms with Crippen LogP contribution in [0.15, 0.2) is 0 Å². The zero-order valence-electron chi connectivity index (χ0n) is 10.3. The number of rotatable bonds is 1. The molecule has 1 amide bonds. The van der Waals surface area contributed by atoms with Crippen LogP contribution in [0.1, 0.15) is 40.0 Å². The fourth-order valence-electron chi connectivity index (χ4n) is 2.96. The Balaban J connectivity index is 1.82. The van der Waals surface area contributed by atoms with Crippen molar-refractivity contribution in [1.82, 2.24) is 5.32 Å². The summed E-state index contributed by atoms with van der Waals surface area (Å²) in [6.45, 7) is 5.63. The maximum absolute atomic E-state index is 11.6. The van der Waals surface area contributed by atoms with Crippen molar-refractivity contribution in [3.05, 3.63) is 0 Å². The van der Waals surface area contributed by atoms with Crippen LogP contribution in [0, 0.1) is 11.8 Å². The van der Waals surface area contributed by atoms with Crippen molar-refractivity contribution < 1.29 is 9.53 Å². The molecule has 2 aliphatic rings. The molecule has 0 aromatic rings. The van der Waals surface area contributed by atoms with Crippen LogP contribution in [0.25, 0.3) is 0 Å². The first-order valence-corrected chi connectivity index (χ1v) is 6.10. The molecule has 4 atom stereocenters. The highest BCUT2D eigenvalue weighted by molar-refractivity contribution is 5.68. The van der Waals surface area contributed by atoms with Gasteiger partial charge in [0.05, 0.1) is 0 Å². The molecule has 0 saturated heterocycles. The lowest BCUT2D eigenvalue weighted by Crippen LogP contribution is -2.44. The summed E-state index contributed by atoms with van der Waals surface area (Å²) in [6, 6.07) is 0.626. The van der Waals surface area contributed by atoms with Crippen molar-refractivity contribution in [3.8, 4) is 0 Å². The highest BCUT2D eigenvalue weighted by atomic mass is 16.6. The standard InChI is InChI=1S/C12H22N2O2/c1-12(2,3)16-11(15)14-10-6-7-4-8(10)5-9(7)13/h7-10H,4-6,13H2,1-3H3,(H,14,15)/t7-,8-,9-,10-/m1/s1. The minimum atomic E-state index is -0.419. The van der Waals surface area contributed by atoms with Crippen LogP contribution in [0.3, 0.4) is 0 Å². The zero-order valence-corrected chi connectivity index (χ0v) is 10.3. The van der Waals surface area contributed by atoms with Crippen LogP contribution in [-0.2, 0) is 4.74 Å². The zero-order chi connectivity index (χ0) is 11.9. The van der Waals surface area contributed by atoms with Gasteiger partial charge in [0.15, 0.2) is 0 Å². The first-order valence-electron chi connectivity index (χ1n) is 6.10. The Labute approximate surface area is 96.9 Å². The molecule has 0 aromatic carbocycles. The van der Waals surface area contributed by atoms with Crippen molar-refractivity contribution >= 4 is 6.09 Å². The van der Waals surface area contributed by atoms with Gasteiger partial charge in [-0.2, -0.15) is 0 Å². The Kier molecular flexibility index (Phi) is 2.86. The molecule has 2 aliphatic carbocycles. The van der Waals surface area contributed by atoms with Crippen molar-refractivity contribution in [2.75, 3.05) is 0 Å². The summed E-state index contributed by atoms with van der Waals surface area (Å²) in [6.07, 6.45) is 2.94. The molecule has 2 rings (SSSR count). The molecule has 92 valence electrons. The third-order valence-corrected chi connectivity index (χ3v) is 3.61. The number of amides is 1. The molecule has 16 heavy (non-hydrogen) atoms. The fourth-order valence-corrected chi connectivity index (χ4v) is 2.96. The maximum Gasteiger partial charge on any atom is 0.407 e. The number of ether oxygens (including phenoxy) is 1. The number of carbonyl (C=O) groups excluding carboxylic acids is 1. The lowest BCUT2D eigenvalue weighted by atomic mass is 9.92. The Hall–Kier alpha value is -0.770. The molecular formula is C12H22N2O2. The third-order valence-electron chi connectivity index (χ3n) is 3.61. The second-order valence-corrected chi connectivity index (χ2v) is 6.14. The van der Waals surface area contributed by atoms with Crippen molar-refractivity contribution in [1.29, 1.82) is 0 Å². The second-order valence-electron chi connectivity index (χ2n) is 6.14. The highest BCUT2D eigenvalue weighted by Crippen LogP contribution is 2.43. The summed E-state index contributed by atoms with van der Waals surface area (Å²) in [4.78, 5) is 11.6. The van der Waals surface area contributed by atoms with E-state index in [1.54, 1.807) is 0 Å². The van der Waals surface area contributed by atoms with Gasteiger partial charge in [-0.25, -0.2) is 4.79 Å². The molecule has 0 spiro atoms. The van der Waals surface area contributed by atoms with E-state index in [9.17, 15) is 4.79 Å². The minimum absolute atomic E-state index is 0.277. The van der Waals surface area contributed by atoms with Gasteiger partial charge in [0.25, 0.3) is 0 Å². The molecule has 0 radical (unpaired) electrons. The number of hydrogen-bond donors (Lipinski definition) is 2. The molecule has 0 unspecified atom stereocenters. The van der Waals surface area contributed by atoms with E-state index in [-0.39, 0.29) is 12.1 Å². The van der Waals surface area contributed by atoms with E-state index in [1.165, 1.54) is 6.42 Å². The summed E-state index contributed by atoms with van der Waals surface area (Å²) in [5.41, 5.74) is 5.55. The van der Waals surface area contributed by atoms with Gasteiger partial charge in [-0.1, -0.05) is 0 Å². The average Bonchev–Trinajstić information content (AvgIpc) is 2.58. The first kappa shape index (κ1) is 11.7. The van der Waals surface area contributed by atoms with E-state index < -0.39 is 5.60 Å². The monoisotopic (exact) mass is 226 g/mol. The van der Waals surface area contributed by atoms with E-state index >= 15 is 0 Å². The predicted molar refractivity (Wildman–Crippen MR) is 62.0 cm³/mol. The summed E-state index contributed by atoms with van der Waals surface area (Å²) < 4.78 is 5.25. The Morgan fingerprint density at radius 2 is 1.94 bits per heavy atom. The first-order chi connectivity index (χ1) is 7.35. The van der Waals surface area contributed by atoms with E-state index in [2.05, 4.69) is 5.32 Å². The van der Waals surface area contributed by atoms with Crippen molar-refractivity contribution in [3.63, 3.8) is 0 Å². The number of hydrogen-bond acceptors (Lipinski definition) is 3. The molecule has 0 aliphatic heterocycles. The SMILES string of the molecule is CC(C)(C)OC(=O)N[C@@H]1C[C@H]2C[C@@H]1C[C@H]2N. The van der Waals surface area contributed by atoms with Crippen molar-refractivity contribution in [2.45, 2.75) is 57.7 Å². The van der Waals surface area contributed by atoms with Crippen LogP contribution in [-0.4, -0.2) is 23.8 Å². The lowest BCUT2D eigenvalue weighted by Gasteiger charge is -2.28. The number of fused-ring (bicyclic) bond motifs is 2. The van der Waals surface area contributed by atoms with Gasteiger partial charge >= 0.3 is 6.09 Å². The Morgan fingerprint density at radius 1 is 1.25 bits per heavy atom. The Morgan fingerprint density at radius 3 is 2.38 bits per heavy atom. The Bertz CT molecular complexity index is 283. The summed E-state index contributed by atoms with van der Waals surface area (Å²) in [5, 5.41) is 2.97. The second kappa shape index (κ2) is 3.91. The van der Waals surface area contributed by atoms with E-state index in [0.29, 0.717) is 17.9 Å². The number of nitrogens with two attached hydrogens (primary N) is 1. The van der Waals surface area contributed by atoms with E-state index in [0.717, 1.165) is 12.8 Å². The van der Waals surface area contributed by atoms with Crippen molar-refractivity contribution in [2.24, 2.45) is 17.6 Å². The van der Waals surface area contributed by atoms with Gasteiger partial charge in [-0.3, -0.25) is 0 Å². The molecule has 0 heterocycles. The summed E-state index contributed by atoms with van der Waals surface area (Å²) in [7, 11) is 0. The minimum Gasteiger partial charge on any atom is -0.444 e. The normalized spacial score (nSPS) is 37.5. The summed E-state index contributed by atoms with van der Waals surface area (Å²) >= 11 is 0. The van der Waals surface area contributed by atoms with Gasteiger partial charge in [-0.15, -0.1) is 0 Å². The number of nitrogens with one attached hydrogen (secondary N) is 1. The molecule has 3 N–H and O–H groups in total. The van der Waals surface area contributed by atoms with Gasteiger partial charge in [0.1, 0.15) is 5.60 Å². The summed E-state index contributed by atoms with van der Waals surface area (Å²) in [5.74, 6) is 1.16. The largest absolute Gasteiger partial charge is 0.444 e. The molecule has 4 heteroatoms. The van der Waals surface area contributed by atoms with E-state index in [4.69, 9.17) is 10.5 Å². The third kappa shape index (κ3) is 2.48. The quantitative estimate of drug-likeness (QED) is 0.714. The lowest BCUT2D eigenvalue weighted by molar-refractivity contribution is 0.0485. The number of carbonyl (C=O) groups is 1. The van der Waals surface area contributed by atoms with Crippen LogP contribution >= 0.6 is 0 Å². The topological polar surface area (TPSA) is 64.3 Å². The number of alkyl carbamates (subject to hydrolysis) is 1. The molecular weight excluding hydrogens is 204 g/mol. The predicted octanol–water partition coefficient (Wildman–Crippen LogP) is 1.64. The maximum atomic E-state index is 11.6. The molecule has 4 nitrogen and oxygen atoms in total. The highest BCUT2D eigenvalue weighted by Gasteiger charge is 2.45. The molecule has 2 bridgehead atoms. The smallest absolute Gasteiger partial charge is 0.407 e. The van der Waals surface area contributed by atoms with Crippen LogP contribution in [0.5, 0.6) is 0 Å². The van der Waals surface area contributed by atoms with E-state index in [1.807, 2.05) is 20.8 Å². The van der Waals surface area contributed by atoms with Gasteiger partial charge < -0.3 is 15.8 Å². The van der Waals surface area contributed by atoms with Gasteiger partial charge in [0.2, 0.25) is 0 Å². The van der Waals surface area contributed by atoms with Crippen LogP contribution in [0.2, 0.25) is 0 Å². The van der Waals surface area contributed by atoms with Gasteiger partial charge in [0, 0.05) is 12.1 Å². The van der Waals surface area contributed by atoms with Gasteiger partial charge in [-0.05, 0) is 51.9 Å². The molecule has 2 fully saturated rings. The van der Waals surface area contributed by atoms with Crippen LogP contribution in [0.4, 0.5) is 4.79 Å². The molecule has 2 saturated carbocycles. The molecule has 0 aromatic heterocycles. The van der Waals surface area contributed by atoms with Crippen LogP contribution < -0.4 is 11.1 Å².